The van der Waals surface area contributed by atoms with Crippen molar-refractivity contribution in [3.63, 3.8) is 0 Å². The monoisotopic (exact) mass is 350 g/mol. The van der Waals surface area contributed by atoms with Crippen LogP contribution in [0.15, 0.2) is 30.3 Å². The van der Waals surface area contributed by atoms with Crippen LogP contribution in [-0.4, -0.2) is 23.2 Å². The zero-order valence-corrected chi connectivity index (χ0v) is 13.4. The standard InChI is InChI=1S/C16H12Cl2N2O3/c17-9-1-2-13(10(18)5-9)23-8-16-19-11-6-14-15(7-12(11)20-16)22-4-3-21-14/h1-2,5-7H,3-4,8H2,(H,19,20). The Morgan fingerprint density at radius 1 is 1.09 bits per heavy atom. The number of hydrogen-bond donors (Lipinski definition) is 1. The lowest BCUT2D eigenvalue weighted by Crippen LogP contribution is -2.15. The number of halogens is 2. The van der Waals surface area contributed by atoms with E-state index in [1.165, 1.54) is 0 Å². The van der Waals surface area contributed by atoms with Gasteiger partial charge in [-0.15, -0.1) is 0 Å². The Labute approximate surface area is 142 Å². The molecule has 0 spiro atoms. The van der Waals surface area contributed by atoms with E-state index in [-0.39, 0.29) is 6.61 Å². The summed E-state index contributed by atoms with van der Waals surface area (Å²) in [4.78, 5) is 7.70. The third kappa shape index (κ3) is 2.90. The molecule has 23 heavy (non-hydrogen) atoms. The molecule has 0 saturated carbocycles. The van der Waals surface area contributed by atoms with Gasteiger partial charge in [0.25, 0.3) is 0 Å². The van der Waals surface area contributed by atoms with Crippen LogP contribution in [-0.2, 0) is 6.61 Å². The first-order chi connectivity index (χ1) is 11.2. The van der Waals surface area contributed by atoms with Gasteiger partial charge in [0.1, 0.15) is 31.4 Å². The second-order valence-electron chi connectivity index (χ2n) is 5.06. The molecule has 2 heterocycles. The van der Waals surface area contributed by atoms with E-state index in [0.29, 0.717) is 40.6 Å². The Morgan fingerprint density at radius 3 is 2.65 bits per heavy atom. The van der Waals surface area contributed by atoms with Crippen molar-refractivity contribution >= 4 is 34.2 Å². The molecular formula is C16H12Cl2N2O3. The second kappa shape index (κ2) is 5.83. The molecule has 1 aliphatic heterocycles. The highest BCUT2D eigenvalue weighted by Gasteiger charge is 2.15. The van der Waals surface area contributed by atoms with E-state index in [9.17, 15) is 0 Å². The molecule has 0 fully saturated rings. The predicted molar refractivity (Wildman–Crippen MR) is 87.9 cm³/mol. The topological polar surface area (TPSA) is 56.4 Å². The Hall–Kier alpha value is -2.11. The number of H-pyrrole nitrogens is 1. The number of nitrogens with one attached hydrogen (secondary N) is 1. The average Bonchev–Trinajstić information content (AvgIpc) is 2.93. The molecule has 0 unspecified atom stereocenters. The zero-order chi connectivity index (χ0) is 15.8. The van der Waals surface area contributed by atoms with Crippen molar-refractivity contribution in [2.45, 2.75) is 6.61 Å². The van der Waals surface area contributed by atoms with E-state index in [1.807, 2.05) is 12.1 Å². The highest BCUT2D eigenvalue weighted by atomic mass is 35.5. The van der Waals surface area contributed by atoms with Gasteiger partial charge in [0.05, 0.1) is 16.1 Å². The predicted octanol–water partition coefficient (Wildman–Crippen LogP) is 4.22. The summed E-state index contributed by atoms with van der Waals surface area (Å²) in [5, 5.41) is 1.03. The molecule has 0 bridgehead atoms. The fraction of sp³-hybridized carbons (Fsp3) is 0.188. The smallest absolute Gasteiger partial charge is 0.163 e. The van der Waals surface area contributed by atoms with Crippen LogP contribution in [0.4, 0.5) is 0 Å². The van der Waals surface area contributed by atoms with Crippen molar-refractivity contribution in [1.29, 1.82) is 0 Å². The van der Waals surface area contributed by atoms with Gasteiger partial charge in [-0.25, -0.2) is 4.98 Å². The lowest BCUT2D eigenvalue weighted by atomic mass is 10.2. The minimum absolute atomic E-state index is 0.266. The van der Waals surface area contributed by atoms with Crippen LogP contribution < -0.4 is 14.2 Å². The van der Waals surface area contributed by atoms with Crippen molar-refractivity contribution in [3.05, 3.63) is 46.2 Å². The molecule has 1 aliphatic rings. The first kappa shape index (κ1) is 14.5. The van der Waals surface area contributed by atoms with Crippen LogP contribution in [0.2, 0.25) is 10.0 Å². The van der Waals surface area contributed by atoms with E-state index >= 15 is 0 Å². The van der Waals surface area contributed by atoms with E-state index in [2.05, 4.69) is 9.97 Å². The Bertz CT molecular complexity index is 836. The van der Waals surface area contributed by atoms with E-state index < -0.39 is 0 Å². The Morgan fingerprint density at radius 2 is 1.87 bits per heavy atom. The molecule has 118 valence electrons. The quantitative estimate of drug-likeness (QED) is 0.768. The molecule has 1 N–H and O–H groups in total. The highest BCUT2D eigenvalue weighted by molar-refractivity contribution is 6.35. The highest BCUT2D eigenvalue weighted by Crippen LogP contribution is 2.34. The summed E-state index contributed by atoms with van der Waals surface area (Å²) in [6.45, 7) is 1.37. The fourth-order valence-corrected chi connectivity index (χ4v) is 2.87. The van der Waals surface area contributed by atoms with Gasteiger partial charge in [-0.1, -0.05) is 23.2 Å². The SMILES string of the molecule is Clc1ccc(OCc2nc3cc4c(cc3[nH]2)OCCO4)c(Cl)c1. The van der Waals surface area contributed by atoms with Crippen LogP contribution in [0.5, 0.6) is 17.2 Å². The Kier molecular flexibility index (Phi) is 3.67. The Balaban J connectivity index is 1.57. The van der Waals surface area contributed by atoms with Crippen molar-refractivity contribution in [2.75, 3.05) is 13.2 Å². The summed E-state index contributed by atoms with van der Waals surface area (Å²) >= 11 is 12.0. The average molecular weight is 351 g/mol. The number of aromatic nitrogens is 2. The molecule has 5 nitrogen and oxygen atoms in total. The van der Waals surface area contributed by atoms with Crippen molar-refractivity contribution in [3.8, 4) is 17.2 Å². The molecule has 4 rings (SSSR count). The van der Waals surface area contributed by atoms with E-state index in [0.717, 1.165) is 16.8 Å². The lowest BCUT2D eigenvalue weighted by molar-refractivity contribution is 0.172. The number of aromatic amines is 1. The summed E-state index contributed by atoms with van der Waals surface area (Å²) in [7, 11) is 0. The lowest BCUT2D eigenvalue weighted by Gasteiger charge is -2.17. The molecular weight excluding hydrogens is 339 g/mol. The van der Waals surface area contributed by atoms with Crippen LogP contribution in [0.1, 0.15) is 5.82 Å². The molecule has 0 radical (unpaired) electrons. The fourth-order valence-electron chi connectivity index (χ4n) is 2.41. The second-order valence-corrected chi connectivity index (χ2v) is 5.90. The molecule has 0 aliphatic carbocycles. The summed E-state index contributed by atoms with van der Waals surface area (Å²) in [6, 6.07) is 8.84. The van der Waals surface area contributed by atoms with E-state index in [4.69, 9.17) is 37.4 Å². The third-order valence-corrected chi connectivity index (χ3v) is 3.98. The minimum atomic E-state index is 0.266. The van der Waals surface area contributed by atoms with Crippen molar-refractivity contribution in [1.82, 2.24) is 9.97 Å². The number of ether oxygens (including phenoxy) is 3. The largest absolute Gasteiger partial charge is 0.486 e. The number of nitrogens with zero attached hydrogens (tertiary/aromatic N) is 1. The number of benzene rings is 2. The van der Waals surface area contributed by atoms with Crippen LogP contribution in [0, 0.1) is 0 Å². The van der Waals surface area contributed by atoms with Gasteiger partial charge >= 0.3 is 0 Å². The molecule has 7 heteroatoms. The minimum Gasteiger partial charge on any atom is -0.486 e. The molecule has 0 amide bonds. The molecule has 0 saturated heterocycles. The van der Waals surface area contributed by atoms with Gasteiger partial charge in [-0.2, -0.15) is 0 Å². The van der Waals surface area contributed by atoms with Crippen LogP contribution in [0.3, 0.4) is 0 Å². The van der Waals surface area contributed by atoms with Crippen molar-refractivity contribution < 1.29 is 14.2 Å². The summed E-state index contributed by atoms with van der Waals surface area (Å²) in [5.74, 6) is 2.68. The first-order valence-corrected chi connectivity index (χ1v) is 7.81. The summed E-state index contributed by atoms with van der Waals surface area (Å²) in [5.41, 5.74) is 1.67. The molecule has 2 aromatic carbocycles. The first-order valence-electron chi connectivity index (χ1n) is 7.05. The maximum absolute atomic E-state index is 6.09. The van der Waals surface area contributed by atoms with Crippen molar-refractivity contribution in [2.24, 2.45) is 0 Å². The number of imidazole rings is 1. The van der Waals surface area contributed by atoms with Gasteiger partial charge in [-0.3, -0.25) is 0 Å². The van der Waals surface area contributed by atoms with Gasteiger partial charge in [0, 0.05) is 17.2 Å². The molecule has 0 atom stereocenters. The van der Waals surface area contributed by atoms with E-state index in [1.54, 1.807) is 18.2 Å². The van der Waals surface area contributed by atoms with Crippen LogP contribution in [0.25, 0.3) is 11.0 Å². The van der Waals surface area contributed by atoms with Gasteiger partial charge in [-0.05, 0) is 18.2 Å². The molecule has 3 aromatic rings. The number of hydrogen-bond acceptors (Lipinski definition) is 4. The van der Waals surface area contributed by atoms with Gasteiger partial charge in [0.15, 0.2) is 11.5 Å². The number of rotatable bonds is 3. The van der Waals surface area contributed by atoms with Gasteiger partial charge < -0.3 is 19.2 Å². The summed E-state index contributed by atoms with van der Waals surface area (Å²) < 4.78 is 16.8. The summed E-state index contributed by atoms with van der Waals surface area (Å²) in [6.07, 6.45) is 0. The maximum Gasteiger partial charge on any atom is 0.163 e. The zero-order valence-electron chi connectivity index (χ0n) is 11.9. The van der Waals surface area contributed by atoms with Gasteiger partial charge in [0.2, 0.25) is 0 Å². The third-order valence-electron chi connectivity index (χ3n) is 3.45. The number of fused-ring (bicyclic) bond motifs is 2. The maximum atomic E-state index is 6.09. The van der Waals surface area contributed by atoms with Crippen LogP contribution >= 0.6 is 23.2 Å². The normalized spacial score (nSPS) is 13.3. The molecule has 1 aromatic heterocycles.